The van der Waals surface area contributed by atoms with Crippen LogP contribution in [0.5, 0.6) is 0 Å². The molecule has 0 radical (unpaired) electrons. The number of hydrogen-bond donors (Lipinski definition) is 2. The summed E-state index contributed by atoms with van der Waals surface area (Å²) in [6.45, 7) is 5.16. The van der Waals surface area contributed by atoms with Gasteiger partial charge in [0.15, 0.2) is 0 Å². The minimum Gasteiger partial charge on any atom is -0.395 e. The molecule has 1 rings (SSSR count). The number of rotatable bonds is 5. The molecule has 2 N–H and O–H groups in total. The van der Waals surface area contributed by atoms with Crippen LogP contribution in [-0.2, 0) is 6.54 Å². The maximum absolute atomic E-state index is 9.03. The van der Waals surface area contributed by atoms with Crippen LogP contribution in [0.3, 0.4) is 0 Å². The van der Waals surface area contributed by atoms with Crippen LogP contribution in [0.25, 0.3) is 0 Å². The molecule has 0 aliphatic heterocycles. The molecule has 1 atom stereocenters. The highest BCUT2D eigenvalue weighted by atomic mass is 79.9. The van der Waals surface area contributed by atoms with Gasteiger partial charge in [-0.2, -0.15) is 0 Å². The second-order valence-corrected chi connectivity index (χ2v) is 4.61. The zero-order valence-electron chi connectivity index (χ0n) is 9.26. The second-order valence-electron chi connectivity index (χ2n) is 3.75. The zero-order valence-corrected chi connectivity index (χ0v) is 10.8. The SMILES string of the molecule is CC[C@H](CO)NCc1ccc(Br)c(C)c1. The number of halogens is 1. The van der Waals surface area contributed by atoms with Crippen LogP contribution in [0.4, 0.5) is 0 Å². The van der Waals surface area contributed by atoms with Crippen molar-refractivity contribution in [1.82, 2.24) is 5.32 Å². The second kappa shape index (κ2) is 6.26. The quantitative estimate of drug-likeness (QED) is 0.863. The van der Waals surface area contributed by atoms with E-state index in [9.17, 15) is 0 Å². The Hall–Kier alpha value is -0.380. The maximum atomic E-state index is 9.03. The molecule has 0 saturated heterocycles. The lowest BCUT2D eigenvalue weighted by Crippen LogP contribution is -2.31. The Morgan fingerprint density at radius 3 is 2.73 bits per heavy atom. The standard InChI is InChI=1S/C12H18BrNO/c1-3-11(8-15)14-7-10-4-5-12(13)9(2)6-10/h4-6,11,14-15H,3,7-8H2,1-2H3/t11-/m1/s1. The van der Waals surface area contributed by atoms with Gasteiger partial charge >= 0.3 is 0 Å². The van der Waals surface area contributed by atoms with Gasteiger partial charge in [0.2, 0.25) is 0 Å². The van der Waals surface area contributed by atoms with E-state index in [4.69, 9.17) is 5.11 Å². The molecule has 0 aliphatic rings. The molecule has 0 saturated carbocycles. The van der Waals surface area contributed by atoms with E-state index in [-0.39, 0.29) is 12.6 Å². The monoisotopic (exact) mass is 271 g/mol. The molecule has 2 nitrogen and oxygen atoms in total. The Bertz CT molecular complexity index is 310. The van der Waals surface area contributed by atoms with Gasteiger partial charge in [0, 0.05) is 17.1 Å². The molecule has 0 unspecified atom stereocenters. The van der Waals surface area contributed by atoms with Crippen molar-refractivity contribution in [3.63, 3.8) is 0 Å². The van der Waals surface area contributed by atoms with Crippen LogP contribution in [0, 0.1) is 6.92 Å². The molecular formula is C12H18BrNO. The number of hydrogen-bond acceptors (Lipinski definition) is 2. The summed E-state index contributed by atoms with van der Waals surface area (Å²) >= 11 is 3.48. The highest BCUT2D eigenvalue weighted by Gasteiger charge is 2.03. The van der Waals surface area contributed by atoms with E-state index in [0.29, 0.717) is 0 Å². The van der Waals surface area contributed by atoms with Crippen molar-refractivity contribution in [3.05, 3.63) is 33.8 Å². The predicted octanol–water partition coefficient (Wildman–Crippen LogP) is 2.62. The van der Waals surface area contributed by atoms with Crippen LogP contribution >= 0.6 is 15.9 Å². The van der Waals surface area contributed by atoms with Gasteiger partial charge in [-0.05, 0) is 30.5 Å². The molecule has 0 fully saturated rings. The van der Waals surface area contributed by atoms with Crippen LogP contribution < -0.4 is 5.32 Å². The third-order valence-electron chi connectivity index (χ3n) is 2.53. The van der Waals surface area contributed by atoms with Crippen LogP contribution in [-0.4, -0.2) is 17.8 Å². The minimum absolute atomic E-state index is 0.200. The molecule has 0 spiro atoms. The van der Waals surface area contributed by atoms with E-state index in [0.717, 1.165) is 17.4 Å². The first kappa shape index (κ1) is 12.7. The average molecular weight is 272 g/mol. The summed E-state index contributed by atoms with van der Waals surface area (Å²) in [7, 11) is 0. The number of nitrogens with one attached hydrogen (secondary N) is 1. The van der Waals surface area contributed by atoms with Crippen molar-refractivity contribution in [2.24, 2.45) is 0 Å². The van der Waals surface area contributed by atoms with E-state index in [1.54, 1.807) is 0 Å². The van der Waals surface area contributed by atoms with Crippen molar-refractivity contribution in [3.8, 4) is 0 Å². The first-order valence-corrected chi connectivity index (χ1v) is 6.06. The molecule has 0 bridgehead atoms. The third kappa shape index (κ3) is 3.93. The molecule has 15 heavy (non-hydrogen) atoms. The fourth-order valence-electron chi connectivity index (χ4n) is 1.42. The number of benzene rings is 1. The van der Waals surface area contributed by atoms with Crippen molar-refractivity contribution in [1.29, 1.82) is 0 Å². The van der Waals surface area contributed by atoms with Crippen LogP contribution in [0.2, 0.25) is 0 Å². The maximum Gasteiger partial charge on any atom is 0.0584 e. The molecular weight excluding hydrogens is 254 g/mol. The smallest absolute Gasteiger partial charge is 0.0584 e. The van der Waals surface area contributed by atoms with E-state index in [1.165, 1.54) is 11.1 Å². The molecule has 0 aliphatic carbocycles. The molecule has 84 valence electrons. The normalized spacial score (nSPS) is 12.8. The highest BCUT2D eigenvalue weighted by Crippen LogP contribution is 2.17. The van der Waals surface area contributed by atoms with E-state index in [2.05, 4.69) is 53.3 Å². The lowest BCUT2D eigenvalue weighted by molar-refractivity contribution is 0.238. The Labute approximate surface area is 99.8 Å². The van der Waals surface area contributed by atoms with E-state index < -0.39 is 0 Å². The fraction of sp³-hybridized carbons (Fsp3) is 0.500. The third-order valence-corrected chi connectivity index (χ3v) is 3.42. The summed E-state index contributed by atoms with van der Waals surface area (Å²) in [5.74, 6) is 0. The summed E-state index contributed by atoms with van der Waals surface area (Å²) in [6.07, 6.45) is 0.950. The molecule has 0 aromatic heterocycles. The topological polar surface area (TPSA) is 32.3 Å². The highest BCUT2D eigenvalue weighted by molar-refractivity contribution is 9.10. The largest absolute Gasteiger partial charge is 0.395 e. The van der Waals surface area contributed by atoms with Gasteiger partial charge in [-0.25, -0.2) is 0 Å². The molecule has 1 aromatic carbocycles. The van der Waals surface area contributed by atoms with Crippen molar-refractivity contribution in [2.75, 3.05) is 6.61 Å². The predicted molar refractivity (Wildman–Crippen MR) is 66.9 cm³/mol. The molecule has 0 amide bonds. The lowest BCUT2D eigenvalue weighted by Gasteiger charge is -2.14. The Balaban J connectivity index is 2.54. The van der Waals surface area contributed by atoms with Gasteiger partial charge in [-0.15, -0.1) is 0 Å². The lowest BCUT2D eigenvalue weighted by atomic mass is 10.1. The summed E-state index contributed by atoms with van der Waals surface area (Å²) in [6, 6.07) is 6.51. The minimum atomic E-state index is 0.200. The van der Waals surface area contributed by atoms with Crippen LogP contribution in [0.1, 0.15) is 24.5 Å². The van der Waals surface area contributed by atoms with Gasteiger partial charge in [0.25, 0.3) is 0 Å². The van der Waals surface area contributed by atoms with Gasteiger partial charge in [0.1, 0.15) is 0 Å². The molecule has 1 aromatic rings. The van der Waals surface area contributed by atoms with Gasteiger partial charge in [-0.3, -0.25) is 0 Å². The van der Waals surface area contributed by atoms with Crippen molar-refractivity contribution in [2.45, 2.75) is 32.9 Å². The number of aryl methyl sites for hydroxylation is 1. The van der Waals surface area contributed by atoms with E-state index >= 15 is 0 Å². The molecule has 3 heteroatoms. The summed E-state index contributed by atoms with van der Waals surface area (Å²) < 4.78 is 1.14. The summed E-state index contributed by atoms with van der Waals surface area (Å²) in [4.78, 5) is 0. The van der Waals surface area contributed by atoms with Gasteiger partial charge in [-0.1, -0.05) is 35.0 Å². The van der Waals surface area contributed by atoms with E-state index in [1.807, 2.05) is 0 Å². The Morgan fingerprint density at radius 2 is 2.20 bits per heavy atom. The first-order chi connectivity index (χ1) is 7.17. The van der Waals surface area contributed by atoms with Gasteiger partial charge < -0.3 is 10.4 Å². The summed E-state index contributed by atoms with van der Waals surface area (Å²) in [5, 5.41) is 12.3. The number of aliphatic hydroxyl groups is 1. The summed E-state index contributed by atoms with van der Waals surface area (Å²) in [5.41, 5.74) is 2.49. The number of aliphatic hydroxyl groups excluding tert-OH is 1. The van der Waals surface area contributed by atoms with Gasteiger partial charge in [0.05, 0.1) is 6.61 Å². The first-order valence-electron chi connectivity index (χ1n) is 5.26. The van der Waals surface area contributed by atoms with Crippen molar-refractivity contribution < 1.29 is 5.11 Å². The molecule has 0 heterocycles. The average Bonchev–Trinajstić information content (AvgIpc) is 2.24. The Morgan fingerprint density at radius 1 is 1.47 bits per heavy atom. The fourth-order valence-corrected chi connectivity index (χ4v) is 1.66. The van der Waals surface area contributed by atoms with Crippen LogP contribution in [0.15, 0.2) is 22.7 Å². The van der Waals surface area contributed by atoms with Crippen molar-refractivity contribution >= 4 is 15.9 Å². The zero-order chi connectivity index (χ0) is 11.3. The Kier molecular flexibility index (Phi) is 5.29.